The standard InChI is InChI=1S/C11H7ClO2/c12-11-5-8(1-2-9(11)6-13)10-3-4-14-7-10/h1-7H. The molecule has 2 aromatic rings. The van der Waals surface area contributed by atoms with Gasteiger partial charge in [-0.1, -0.05) is 17.7 Å². The van der Waals surface area contributed by atoms with Crippen molar-refractivity contribution in [2.45, 2.75) is 0 Å². The molecular formula is C11H7ClO2. The van der Waals surface area contributed by atoms with Gasteiger partial charge in [0, 0.05) is 11.1 Å². The van der Waals surface area contributed by atoms with Crippen LogP contribution in [-0.4, -0.2) is 6.29 Å². The molecule has 2 rings (SSSR count). The van der Waals surface area contributed by atoms with Gasteiger partial charge in [-0.2, -0.15) is 0 Å². The van der Waals surface area contributed by atoms with Crippen LogP contribution in [0.2, 0.25) is 5.02 Å². The number of furan rings is 1. The van der Waals surface area contributed by atoms with Crippen LogP contribution in [0.1, 0.15) is 10.4 Å². The van der Waals surface area contributed by atoms with Crippen molar-refractivity contribution in [1.29, 1.82) is 0 Å². The fourth-order valence-electron chi connectivity index (χ4n) is 1.23. The molecule has 0 atom stereocenters. The lowest BCUT2D eigenvalue weighted by molar-refractivity contribution is 0.112. The second kappa shape index (κ2) is 3.68. The van der Waals surface area contributed by atoms with E-state index in [9.17, 15) is 4.79 Å². The van der Waals surface area contributed by atoms with Gasteiger partial charge in [0.1, 0.15) is 0 Å². The van der Waals surface area contributed by atoms with Crippen molar-refractivity contribution in [3.8, 4) is 11.1 Å². The summed E-state index contributed by atoms with van der Waals surface area (Å²) >= 11 is 5.88. The highest BCUT2D eigenvalue weighted by atomic mass is 35.5. The molecule has 0 fully saturated rings. The Kier molecular flexibility index (Phi) is 2.37. The van der Waals surface area contributed by atoms with Gasteiger partial charge in [-0.25, -0.2) is 0 Å². The van der Waals surface area contributed by atoms with E-state index in [1.54, 1.807) is 24.7 Å². The zero-order valence-electron chi connectivity index (χ0n) is 7.24. The molecule has 0 radical (unpaired) electrons. The molecule has 1 aromatic heterocycles. The van der Waals surface area contributed by atoms with Crippen LogP contribution < -0.4 is 0 Å². The second-order valence-corrected chi connectivity index (χ2v) is 3.27. The molecule has 0 spiro atoms. The lowest BCUT2D eigenvalue weighted by Crippen LogP contribution is -1.82. The van der Waals surface area contributed by atoms with Crippen LogP contribution in [0, 0.1) is 0 Å². The van der Waals surface area contributed by atoms with Crippen molar-refractivity contribution < 1.29 is 9.21 Å². The van der Waals surface area contributed by atoms with Crippen LogP contribution in [-0.2, 0) is 0 Å². The Labute approximate surface area is 86.1 Å². The van der Waals surface area contributed by atoms with Gasteiger partial charge in [-0.15, -0.1) is 0 Å². The zero-order chi connectivity index (χ0) is 9.97. The van der Waals surface area contributed by atoms with Crippen molar-refractivity contribution in [1.82, 2.24) is 0 Å². The van der Waals surface area contributed by atoms with Crippen molar-refractivity contribution in [3.63, 3.8) is 0 Å². The summed E-state index contributed by atoms with van der Waals surface area (Å²) in [7, 11) is 0. The van der Waals surface area contributed by atoms with E-state index in [4.69, 9.17) is 16.0 Å². The van der Waals surface area contributed by atoms with Gasteiger partial charge in [0.05, 0.1) is 17.5 Å². The lowest BCUT2D eigenvalue weighted by Gasteiger charge is -1.99. The number of rotatable bonds is 2. The van der Waals surface area contributed by atoms with Gasteiger partial charge < -0.3 is 4.42 Å². The van der Waals surface area contributed by atoms with Gasteiger partial charge in [0.15, 0.2) is 6.29 Å². The van der Waals surface area contributed by atoms with E-state index in [0.29, 0.717) is 10.6 Å². The minimum absolute atomic E-state index is 0.457. The summed E-state index contributed by atoms with van der Waals surface area (Å²) in [5, 5.41) is 0.457. The summed E-state index contributed by atoms with van der Waals surface area (Å²) in [4.78, 5) is 10.5. The van der Waals surface area contributed by atoms with E-state index in [1.807, 2.05) is 12.1 Å². The van der Waals surface area contributed by atoms with Crippen LogP contribution in [0.25, 0.3) is 11.1 Å². The molecule has 1 aromatic carbocycles. The van der Waals surface area contributed by atoms with Crippen LogP contribution in [0.15, 0.2) is 41.2 Å². The van der Waals surface area contributed by atoms with E-state index in [-0.39, 0.29) is 0 Å². The maximum Gasteiger partial charge on any atom is 0.151 e. The van der Waals surface area contributed by atoms with Gasteiger partial charge in [-0.3, -0.25) is 4.79 Å². The van der Waals surface area contributed by atoms with Crippen molar-refractivity contribution in [2.24, 2.45) is 0 Å². The maximum absolute atomic E-state index is 10.5. The molecule has 0 amide bonds. The van der Waals surface area contributed by atoms with E-state index >= 15 is 0 Å². The molecule has 0 aliphatic heterocycles. The average molecular weight is 207 g/mol. The highest BCUT2D eigenvalue weighted by Gasteiger charge is 2.03. The van der Waals surface area contributed by atoms with Crippen LogP contribution >= 0.6 is 11.6 Å². The molecule has 3 heteroatoms. The van der Waals surface area contributed by atoms with Gasteiger partial charge in [-0.05, 0) is 23.8 Å². The largest absolute Gasteiger partial charge is 0.472 e. The quantitative estimate of drug-likeness (QED) is 0.705. The van der Waals surface area contributed by atoms with Gasteiger partial charge >= 0.3 is 0 Å². The monoisotopic (exact) mass is 206 g/mol. The fourth-order valence-corrected chi connectivity index (χ4v) is 1.46. The minimum atomic E-state index is 0.457. The Morgan fingerprint density at radius 2 is 2.07 bits per heavy atom. The first-order valence-corrected chi connectivity index (χ1v) is 4.46. The molecule has 0 aliphatic rings. The van der Waals surface area contributed by atoms with Crippen LogP contribution in [0.4, 0.5) is 0 Å². The molecule has 0 aliphatic carbocycles. The van der Waals surface area contributed by atoms with Crippen molar-refractivity contribution in [3.05, 3.63) is 47.4 Å². The molecule has 2 nitrogen and oxygen atoms in total. The molecular weight excluding hydrogens is 200 g/mol. The topological polar surface area (TPSA) is 30.2 Å². The molecule has 0 unspecified atom stereocenters. The molecule has 0 saturated heterocycles. The van der Waals surface area contributed by atoms with Crippen LogP contribution in [0.3, 0.4) is 0 Å². The van der Waals surface area contributed by atoms with E-state index in [0.717, 1.165) is 17.4 Å². The van der Waals surface area contributed by atoms with Crippen LogP contribution in [0.5, 0.6) is 0 Å². The van der Waals surface area contributed by atoms with Crippen molar-refractivity contribution in [2.75, 3.05) is 0 Å². The third-order valence-electron chi connectivity index (χ3n) is 1.98. The minimum Gasteiger partial charge on any atom is -0.472 e. The average Bonchev–Trinajstić information content (AvgIpc) is 2.70. The van der Waals surface area contributed by atoms with E-state index in [2.05, 4.69) is 0 Å². The van der Waals surface area contributed by atoms with Gasteiger partial charge in [0.25, 0.3) is 0 Å². The first kappa shape index (κ1) is 9.03. The molecule has 0 bridgehead atoms. The second-order valence-electron chi connectivity index (χ2n) is 2.87. The number of halogens is 1. The smallest absolute Gasteiger partial charge is 0.151 e. The van der Waals surface area contributed by atoms with Crippen molar-refractivity contribution >= 4 is 17.9 Å². The summed E-state index contributed by atoms with van der Waals surface area (Å²) in [6, 6.07) is 7.11. The van der Waals surface area contributed by atoms with E-state index in [1.165, 1.54) is 0 Å². The number of aldehydes is 1. The molecule has 1 heterocycles. The summed E-state index contributed by atoms with van der Waals surface area (Å²) in [5.74, 6) is 0. The van der Waals surface area contributed by atoms with Gasteiger partial charge in [0.2, 0.25) is 0 Å². The predicted molar refractivity (Wildman–Crippen MR) is 54.5 cm³/mol. The number of carbonyl (C=O) groups is 1. The summed E-state index contributed by atoms with van der Waals surface area (Å²) in [6.45, 7) is 0. The lowest BCUT2D eigenvalue weighted by atomic mass is 10.1. The highest BCUT2D eigenvalue weighted by Crippen LogP contribution is 2.24. The van der Waals surface area contributed by atoms with E-state index < -0.39 is 0 Å². The molecule has 0 saturated carbocycles. The Bertz CT molecular complexity index is 446. The SMILES string of the molecule is O=Cc1ccc(-c2ccoc2)cc1Cl. The maximum atomic E-state index is 10.5. The molecule has 14 heavy (non-hydrogen) atoms. The number of hydrogen-bond donors (Lipinski definition) is 0. The summed E-state index contributed by atoms with van der Waals surface area (Å²) in [5.41, 5.74) is 2.39. The Morgan fingerprint density at radius 1 is 1.21 bits per heavy atom. The molecule has 70 valence electrons. The number of hydrogen-bond acceptors (Lipinski definition) is 2. The third kappa shape index (κ3) is 1.56. The zero-order valence-corrected chi connectivity index (χ0v) is 7.99. The summed E-state index contributed by atoms with van der Waals surface area (Å²) in [6.07, 6.45) is 3.96. The fraction of sp³-hybridized carbons (Fsp3) is 0. The third-order valence-corrected chi connectivity index (χ3v) is 2.31. The predicted octanol–water partition coefficient (Wildman–Crippen LogP) is 3.41. The number of carbonyl (C=O) groups excluding carboxylic acids is 1. The highest BCUT2D eigenvalue weighted by molar-refractivity contribution is 6.33. The normalized spacial score (nSPS) is 10.1. The Hall–Kier alpha value is -1.54. The summed E-state index contributed by atoms with van der Waals surface area (Å²) < 4.78 is 4.95. The number of benzene rings is 1. The Morgan fingerprint density at radius 3 is 2.64 bits per heavy atom. The molecule has 0 N–H and O–H groups in total. The first-order valence-electron chi connectivity index (χ1n) is 4.08. The first-order chi connectivity index (χ1) is 6.81. The Balaban J connectivity index is 2.48.